The highest BCUT2D eigenvalue weighted by Crippen LogP contribution is 2.47. The summed E-state index contributed by atoms with van der Waals surface area (Å²) in [5, 5.41) is 4.94. The van der Waals surface area contributed by atoms with Crippen LogP contribution in [0.15, 0.2) is 0 Å². The Morgan fingerprint density at radius 2 is 1.45 bits per heavy atom. The summed E-state index contributed by atoms with van der Waals surface area (Å²) in [5.74, 6) is 0.801. The molecule has 0 bridgehead atoms. The molecule has 0 atom stereocenters. The fourth-order valence-electron chi connectivity index (χ4n) is 1.77. The summed E-state index contributed by atoms with van der Waals surface area (Å²) < 4.78 is 22.1. The van der Waals surface area contributed by atoms with Crippen LogP contribution in [0.3, 0.4) is 0 Å². The highest BCUT2D eigenvalue weighted by molar-refractivity contribution is 7.89. The molecule has 0 aromatic rings. The average Bonchev–Trinajstić information content (AvgIpc) is 2.50. The molecule has 0 radical (unpaired) electrons. The highest BCUT2D eigenvalue weighted by Gasteiger charge is 2.47. The van der Waals surface area contributed by atoms with E-state index in [-0.39, 0.29) is 5.25 Å². The number of hydrogen-bond acceptors (Lipinski definition) is 2. The van der Waals surface area contributed by atoms with Gasteiger partial charge < -0.3 is 0 Å². The van der Waals surface area contributed by atoms with Crippen LogP contribution in [0.1, 0.15) is 25.7 Å². The van der Waals surface area contributed by atoms with Gasteiger partial charge in [-0.05, 0) is 37.5 Å². The molecule has 2 N–H and O–H groups in total. The van der Waals surface area contributed by atoms with Crippen LogP contribution in [0, 0.1) is 11.8 Å². The van der Waals surface area contributed by atoms with Gasteiger partial charge in [-0.1, -0.05) is 0 Å². The largest absolute Gasteiger partial charge is 0.228 e. The topological polar surface area (TPSA) is 60.2 Å². The number of hydrogen-bond donors (Lipinski definition) is 1. The Morgan fingerprint density at radius 1 is 1.09 bits per heavy atom. The van der Waals surface area contributed by atoms with Gasteiger partial charge in [0.2, 0.25) is 10.0 Å². The maximum absolute atomic E-state index is 11.1. The SMILES string of the molecule is NS(=O)(=O)C(C1CC1)C1CC1. The molecule has 2 saturated carbocycles. The van der Waals surface area contributed by atoms with Crippen molar-refractivity contribution in [3.05, 3.63) is 0 Å². The van der Waals surface area contributed by atoms with Crippen LogP contribution in [0.25, 0.3) is 0 Å². The van der Waals surface area contributed by atoms with Crippen LogP contribution in [-0.2, 0) is 10.0 Å². The summed E-state index contributed by atoms with van der Waals surface area (Å²) in [6.07, 6.45) is 4.27. The Kier molecular flexibility index (Phi) is 1.51. The molecule has 2 fully saturated rings. The van der Waals surface area contributed by atoms with Gasteiger partial charge in [-0.15, -0.1) is 0 Å². The molecular formula is C7H13NO2S. The monoisotopic (exact) mass is 175 g/mol. The smallest absolute Gasteiger partial charge is 0.212 e. The van der Waals surface area contributed by atoms with Gasteiger partial charge in [-0.25, -0.2) is 13.6 Å². The van der Waals surface area contributed by atoms with Crippen molar-refractivity contribution in [1.29, 1.82) is 0 Å². The minimum absolute atomic E-state index is 0.192. The Bertz CT molecular complexity index is 240. The van der Waals surface area contributed by atoms with Gasteiger partial charge in [0, 0.05) is 0 Å². The third-order valence-corrected chi connectivity index (χ3v) is 4.08. The fourth-order valence-corrected chi connectivity index (χ4v) is 3.39. The Hall–Kier alpha value is -0.0900. The zero-order chi connectivity index (χ0) is 8.06. The molecule has 0 amide bonds. The number of rotatable bonds is 3. The van der Waals surface area contributed by atoms with Crippen molar-refractivity contribution in [1.82, 2.24) is 0 Å². The van der Waals surface area contributed by atoms with E-state index in [0.29, 0.717) is 11.8 Å². The van der Waals surface area contributed by atoms with E-state index in [9.17, 15) is 8.42 Å². The van der Waals surface area contributed by atoms with Gasteiger partial charge in [0.05, 0.1) is 5.25 Å². The van der Waals surface area contributed by atoms with Crippen LogP contribution < -0.4 is 5.14 Å². The van der Waals surface area contributed by atoms with Crippen LogP contribution in [0.2, 0.25) is 0 Å². The molecule has 0 aromatic carbocycles. The van der Waals surface area contributed by atoms with Crippen molar-refractivity contribution in [2.24, 2.45) is 17.0 Å². The average molecular weight is 175 g/mol. The first-order chi connectivity index (χ1) is 5.09. The van der Waals surface area contributed by atoms with Crippen LogP contribution in [0.4, 0.5) is 0 Å². The zero-order valence-corrected chi connectivity index (χ0v) is 7.18. The first kappa shape index (κ1) is 7.55. The summed E-state index contributed by atoms with van der Waals surface area (Å²) >= 11 is 0. The predicted molar refractivity (Wildman–Crippen MR) is 42.3 cm³/mol. The molecule has 2 rings (SSSR count). The molecule has 4 heteroatoms. The van der Waals surface area contributed by atoms with E-state index in [1.807, 2.05) is 0 Å². The summed E-state index contributed by atoms with van der Waals surface area (Å²) in [4.78, 5) is 0. The van der Waals surface area contributed by atoms with Gasteiger partial charge in [0.15, 0.2) is 0 Å². The number of primary sulfonamides is 1. The van der Waals surface area contributed by atoms with Crippen molar-refractivity contribution in [2.75, 3.05) is 0 Å². The Labute approximate surface area is 67.0 Å². The van der Waals surface area contributed by atoms with Gasteiger partial charge in [0.25, 0.3) is 0 Å². The van der Waals surface area contributed by atoms with Gasteiger partial charge in [0.1, 0.15) is 0 Å². The number of sulfonamides is 1. The molecule has 0 aliphatic heterocycles. The third kappa shape index (κ3) is 1.56. The standard InChI is InChI=1S/C7H13NO2S/c8-11(9,10)7(5-1-2-5)6-3-4-6/h5-7H,1-4H2,(H2,8,9,10). The normalized spacial score (nSPS) is 26.0. The quantitative estimate of drug-likeness (QED) is 0.677. The predicted octanol–water partition coefficient (Wildman–Crippen LogP) is 0.464. The minimum Gasteiger partial charge on any atom is -0.228 e. The minimum atomic E-state index is -3.24. The summed E-state index contributed by atoms with van der Waals surface area (Å²) in [5.41, 5.74) is 0. The maximum Gasteiger partial charge on any atom is 0.212 e. The summed E-state index contributed by atoms with van der Waals surface area (Å²) in [7, 11) is -3.24. The van der Waals surface area contributed by atoms with E-state index in [4.69, 9.17) is 5.14 Å². The second-order valence-corrected chi connectivity index (χ2v) is 5.45. The lowest BCUT2D eigenvalue weighted by molar-refractivity contribution is 0.549. The van der Waals surface area contributed by atoms with E-state index in [2.05, 4.69) is 0 Å². The molecule has 2 aliphatic rings. The summed E-state index contributed by atoms with van der Waals surface area (Å²) in [6, 6.07) is 0. The van der Waals surface area contributed by atoms with Gasteiger partial charge in [-0.2, -0.15) is 0 Å². The molecule has 0 unspecified atom stereocenters. The fraction of sp³-hybridized carbons (Fsp3) is 1.00. The molecule has 11 heavy (non-hydrogen) atoms. The molecule has 0 spiro atoms. The molecule has 0 saturated heterocycles. The Morgan fingerprint density at radius 3 is 1.64 bits per heavy atom. The maximum atomic E-state index is 11.1. The van der Waals surface area contributed by atoms with E-state index >= 15 is 0 Å². The second-order valence-electron chi connectivity index (χ2n) is 3.73. The van der Waals surface area contributed by atoms with Crippen molar-refractivity contribution in [3.8, 4) is 0 Å². The van der Waals surface area contributed by atoms with E-state index in [0.717, 1.165) is 25.7 Å². The van der Waals surface area contributed by atoms with Gasteiger partial charge in [-0.3, -0.25) is 0 Å². The Balaban J connectivity index is 2.14. The zero-order valence-electron chi connectivity index (χ0n) is 6.36. The van der Waals surface area contributed by atoms with Crippen LogP contribution >= 0.6 is 0 Å². The lowest BCUT2D eigenvalue weighted by Gasteiger charge is -2.11. The van der Waals surface area contributed by atoms with E-state index in [1.165, 1.54) is 0 Å². The molecule has 3 nitrogen and oxygen atoms in total. The molecule has 0 aromatic heterocycles. The molecule has 2 aliphatic carbocycles. The summed E-state index contributed by atoms with van der Waals surface area (Å²) in [6.45, 7) is 0. The van der Waals surface area contributed by atoms with Crippen LogP contribution in [-0.4, -0.2) is 13.7 Å². The molecule has 0 heterocycles. The molecule has 64 valence electrons. The van der Waals surface area contributed by atoms with Crippen molar-refractivity contribution < 1.29 is 8.42 Å². The highest BCUT2D eigenvalue weighted by atomic mass is 32.2. The molecular weight excluding hydrogens is 162 g/mol. The van der Waals surface area contributed by atoms with E-state index < -0.39 is 10.0 Å². The lowest BCUT2D eigenvalue weighted by atomic mass is 10.2. The van der Waals surface area contributed by atoms with Crippen molar-refractivity contribution in [3.63, 3.8) is 0 Å². The van der Waals surface area contributed by atoms with Gasteiger partial charge >= 0.3 is 0 Å². The third-order valence-electron chi connectivity index (χ3n) is 2.55. The van der Waals surface area contributed by atoms with Crippen molar-refractivity contribution in [2.45, 2.75) is 30.9 Å². The van der Waals surface area contributed by atoms with E-state index in [1.54, 1.807) is 0 Å². The van der Waals surface area contributed by atoms with Crippen LogP contribution in [0.5, 0.6) is 0 Å². The van der Waals surface area contributed by atoms with Crippen molar-refractivity contribution >= 4 is 10.0 Å². The second kappa shape index (κ2) is 2.20. The number of nitrogens with two attached hydrogens (primary N) is 1. The lowest BCUT2D eigenvalue weighted by Crippen LogP contribution is -2.32. The first-order valence-corrected chi connectivity index (χ1v) is 5.71. The first-order valence-electron chi connectivity index (χ1n) is 4.10.